The molecule has 0 aromatic heterocycles. The van der Waals surface area contributed by atoms with Crippen molar-refractivity contribution in [1.82, 2.24) is 0 Å². The van der Waals surface area contributed by atoms with E-state index in [1.165, 1.54) is 4.90 Å². The van der Waals surface area contributed by atoms with Crippen molar-refractivity contribution in [3.8, 4) is 0 Å². The van der Waals surface area contributed by atoms with Crippen molar-refractivity contribution in [3.63, 3.8) is 0 Å². The van der Waals surface area contributed by atoms with Crippen molar-refractivity contribution < 1.29 is 14.4 Å². The first-order valence-corrected chi connectivity index (χ1v) is 11.1. The first-order valence-electron chi connectivity index (χ1n) is 10.7. The Morgan fingerprint density at radius 1 is 0.906 bits per heavy atom. The number of hydrogen-bond acceptors (Lipinski definition) is 3. The molecule has 158 valence electrons. The van der Waals surface area contributed by atoms with Crippen LogP contribution in [-0.2, 0) is 19.8 Å². The number of hydrogen-bond donors (Lipinski definition) is 0. The average Bonchev–Trinajstić information content (AvgIpc) is 3.06. The van der Waals surface area contributed by atoms with Crippen LogP contribution in [0.5, 0.6) is 0 Å². The molecule has 4 nitrogen and oxygen atoms in total. The van der Waals surface area contributed by atoms with Crippen molar-refractivity contribution >= 4 is 34.9 Å². The number of rotatable bonds is 2. The van der Waals surface area contributed by atoms with E-state index in [1.807, 2.05) is 55.5 Å². The Kier molecular flexibility index (Phi) is 3.89. The van der Waals surface area contributed by atoms with Crippen LogP contribution in [0.15, 0.2) is 66.7 Å². The zero-order valence-electron chi connectivity index (χ0n) is 17.6. The second-order valence-corrected chi connectivity index (χ2v) is 9.40. The molecule has 3 aliphatic carbocycles. The maximum absolute atomic E-state index is 14.0. The molecule has 2 bridgehead atoms. The van der Waals surface area contributed by atoms with E-state index in [0.717, 1.165) is 27.8 Å². The van der Waals surface area contributed by atoms with Crippen LogP contribution in [0.3, 0.4) is 0 Å². The van der Waals surface area contributed by atoms with E-state index < -0.39 is 17.3 Å². The highest BCUT2D eigenvalue weighted by molar-refractivity contribution is 6.32. The summed E-state index contributed by atoms with van der Waals surface area (Å²) in [5.41, 5.74) is 3.73. The number of nitrogens with zero attached hydrogens (tertiary/aromatic N) is 1. The quantitative estimate of drug-likeness (QED) is 0.537. The van der Waals surface area contributed by atoms with Gasteiger partial charge in [-0.2, -0.15) is 0 Å². The zero-order chi connectivity index (χ0) is 22.4. The van der Waals surface area contributed by atoms with Gasteiger partial charge in [-0.25, -0.2) is 4.90 Å². The summed E-state index contributed by atoms with van der Waals surface area (Å²) in [6.07, 6.45) is 0. The van der Waals surface area contributed by atoms with Crippen molar-refractivity contribution in [1.29, 1.82) is 0 Å². The number of ketones is 1. The molecule has 1 fully saturated rings. The lowest BCUT2D eigenvalue weighted by atomic mass is 9.46. The Hall–Kier alpha value is -3.24. The van der Waals surface area contributed by atoms with Crippen LogP contribution in [0.2, 0.25) is 5.02 Å². The van der Waals surface area contributed by atoms with Gasteiger partial charge >= 0.3 is 0 Å². The first kappa shape index (κ1) is 19.4. The third-order valence-electron chi connectivity index (χ3n) is 7.59. The van der Waals surface area contributed by atoms with Gasteiger partial charge in [-0.05, 0) is 53.8 Å². The molecule has 0 radical (unpaired) electrons. The van der Waals surface area contributed by atoms with Gasteiger partial charge < -0.3 is 0 Å². The molecule has 32 heavy (non-hydrogen) atoms. The monoisotopic (exact) mass is 441 g/mol. The van der Waals surface area contributed by atoms with Crippen LogP contribution >= 0.6 is 11.6 Å². The molecule has 1 heterocycles. The second kappa shape index (κ2) is 6.39. The van der Waals surface area contributed by atoms with E-state index in [0.29, 0.717) is 10.7 Å². The Morgan fingerprint density at radius 3 is 2.09 bits per heavy atom. The number of carbonyl (C=O) groups excluding carboxylic acids is 3. The SMILES string of the molecule is CC(=O)C12c3ccccc3C(c3ccccc31)C1C(=O)N(c3cc(Cl)ccc3C)C(=O)C12. The molecule has 3 aromatic rings. The number of Topliss-reactive ketones (excluding diaryl/α,β-unsaturated/α-hetero) is 1. The lowest BCUT2D eigenvalue weighted by Crippen LogP contribution is -2.57. The molecule has 3 aromatic carbocycles. The lowest BCUT2D eigenvalue weighted by Gasteiger charge is -2.52. The van der Waals surface area contributed by atoms with E-state index >= 15 is 0 Å². The fraction of sp³-hybridized carbons (Fsp3) is 0.222. The fourth-order valence-corrected chi connectivity index (χ4v) is 6.60. The Morgan fingerprint density at radius 2 is 1.50 bits per heavy atom. The average molecular weight is 442 g/mol. The van der Waals surface area contributed by atoms with Crippen molar-refractivity contribution in [2.45, 2.75) is 25.2 Å². The minimum atomic E-state index is -1.18. The van der Waals surface area contributed by atoms with Gasteiger partial charge in [-0.15, -0.1) is 0 Å². The number of carbonyl (C=O) groups is 3. The third-order valence-corrected chi connectivity index (χ3v) is 7.82. The normalized spacial score (nSPS) is 27.2. The van der Waals surface area contributed by atoms with Crippen LogP contribution in [0.1, 0.15) is 40.7 Å². The highest BCUT2D eigenvalue weighted by Crippen LogP contribution is 2.64. The number of imide groups is 1. The van der Waals surface area contributed by atoms with Crippen LogP contribution in [0.4, 0.5) is 5.69 Å². The summed E-state index contributed by atoms with van der Waals surface area (Å²) in [5, 5.41) is 0.455. The summed E-state index contributed by atoms with van der Waals surface area (Å²) >= 11 is 6.23. The number of anilines is 1. The summed E-state index contributed by atoms with van der Waals surface area (Å²) in [4.78, 5) is 42.8. The standard InChI is InChI=1S/C27H20ClNO3/c1-14-11-12-16(28)13-21(14)29-25(31)23-22-17-7-3-5-9-19(17)27(15(2)30,24(23)26(29)32)20-10-6-4-8-18(20)22/h3-13,22-24H,1-2H3. The molecule has 0 saturated carbocycles. The van der Waals surface area contributed by atoms with Crippen LogP contribution < -0.4 is 4.90 Å². The van der Waals surface area contributed by atoms with E-state index in [4.69, 9.17) is 11.6 Å². The van der Waals surface area contributed by atoms with E-state index in [9.17, 15) is 14.4 Å². The summed E-state index contributed by atoms with van der Waals surface area (Å²) in [6, 6.07) is 20.8. The number of benzene rings is 3. The molecule has 7 rings (SSSR count). The summed E-state index contributed by atoms with van der Waals surface area (Å²) in [5.74, 6) is -2.37. The number of amides is 2. The van der Waals surface area contributed by atoms with E-state index in [1.54, 1.807) is 25.1 Å². The van der Waals surface area contributed by atoms with Gasteiger partial charge in [0.05, 0.1) is 22.9 Å². The predicted molar refractivity (Wildman–Crippen MR) is 122 cm³/mol. The summed E-state index contributed by atoms with van der Waals surface area (Å²) < 4.78 is 0. The maximum Gasteiger partial charge on any atom is 0.239 e. The van der Waals surface area contributed by atoms with Gasteiger partial charge in [0.15, 0.2) is 0 Å². The summed E-state index contributed by atoms with van der Waals surface area (Å²) in [6.45, 7) is 3.40. The summed E-state index contributed by atoms with van der Waals surface area (Å²) in [7, 11) is 0. The zero-order valence-corrected chi connectivity index (χ0v) is 18.4. The number of halogens is 1. The Bertz CT molecular complexity index is 1310. The van der Waals surface area contributed by atoms with Crippen molar-refractivity contribution in [3.05, 3.63) is 99.6 Å². The minimum Gasteiger partial charge on any atom is -0.299 e. The van der Waals surface area contributed by atoms with Gasteiger partial charge in [0, 0.05) is 10.9 Å². The van der Waals surface area contributed by atoms with Gasteiger partial charge in [0.25, 0.3) is 0 Å². The molecule has 0 spiro atoms. The number of aryl methyl sites for hydroxylation is 1. The maximum atomic E-state index is 14.0. The van der Waals surface area contributed by atoms with Crippen LogP contribution in [0, 0.1) is 18.8 Å². The largest absolute Gasteiger partial charge is 0.299 e. The Balaban J connectivity index is 1.68. The van der Waals surface area contributed by atoms with Crippen molar-refractivity contribution in [2.24, 2.45) is 11.8 Å². The smallest absolute Gasteiger partial charge is 0.239 e. The molecular weight excluding hydrogens is 422 g/mol. The molecule has 0 N–H and O–H groups in total. The molecule has 2 unspecified atom stereocenters. The molecule has 1 aliphatic heterocycles. The molecule has 4 aliphatic rings. The van der Waals surface area contributed by atoms with Crippen LogP contribution in [-0.4, -0.2) is 17.6 Å². The second-order valence-electron chi connectivity index (χ2n) is 8.96. The van der Waals surface area contributed by atoms with Crippen LogP contribution in [0.25, 0.3) is 0 Å². The van der Waals surface area contributed by atoms with Gasteiger partial charge in [-0.3, -0.25) is 14.4 Å². The minimum absolute atomic E-state index is 0.114. The van der Waals surface area contributed by atoms with E-state index in [2.05, 4.69) is 0 Å². The highest BCUT2D eigenvalue weighted by atomic mass is 35.5. The molecular formula is C27H20ClNO3. The Labute approximate surface area is 190 Å². The fourth-order valence-electron chi connectivity index (χ4n) is 6.43. The van der Waals surface area contributed by atoms with Crippen molar-refractivity contribution in [2.75, 3.05) is 4.90 Å². The molecule has 5 heteroatoms. The molecule has 2 amide bonds. The topological polar surface area (TPSA) is 54.5 Å². The van der Waals surface area contributed by atoms with Gasteiger partial charge in [-0.1, -0.05) is 66.2 Å². The third kappa shape index (κ3) is 2.11. The van der Waals surface area contributed by atoms with E-state index in [-0.39, 0.29) is 23.5 Å². The lowest BCUT2D eigenvalue weighted by molar-refractivity contribution is -0.132. The molecule has 1 saturated heterocycles. The van der Waals surface area contributed by atoms with Gasteiger partial charge in [0.2, 0.25) is 11.8 Å². The first-order chi connectivity index (χ1) is 15.4. The predicted octanol–water partition coefficient (Wildman–Crippen LogP) is 4.79. The highest BCUT2D eigenvalue weighted by Gasteiger charge is 2.70. The molecule has 2 atom stereocenters. The van der Waals surface area contributed by atoms with Gasteiger partial charge in [0.1, 0.15) is 5.78 Å².